The van der Waals surface area contributed by atoms with Gasteiger partial charge < -0.3 is 5.32 Å². The van der Waals surface area contributed by atoms with Gasteiger partial charge in [0.25, 0.3) is 5.91 Å². The molecular weight excluding hydrogens is 301 g/mol. The molecule has 0 spiro atoms. The summed E-state index contributed by atoms with van der Waals surface area (Å²) in [4.78, 5) is 22.1. The van der Waals surface area contributed by atoms with E-state index in [2.05, 4.69) is 10.4 Å². The number of Topliss-reactive ketones (excluding diaryl/α,β-unsaturated/α-hetero) is 1. The third-order valence-electron chi connectivity index (χ3n) is 2.58. The molecule has 0 aliphatic heterocycles. The lowest BCUT2D eigenvalue weighted by molar-refractivity contribution is -0.133. The molecule has 0 saturated carbocycles. The highest BCUT2D eigenvalue weighted by Crippen LogP contribution is 2.25. The van der Waals surface area contributed by atoms with Crippen LogP contribution >= 0.6 is 23.2 Å². The predicted molar refractivity (Wildman–Crippen MR) is 77.1 cm³/mol. The molecule has 0 aliphatic rings. The van der Waals surface area contributed by atoms with Gasteiger partial charge in [-0.2, -0.15) is 5.10 Å². The van der Waals surface area contributed by atoms with Crippen LogP contribution in [0.5, 0.6) is 0 Å². The Hall–Kier alpha value is -1.85. The van der Waals surface area contributed by atoms with Crippen molar-refractivity contribution in [1.82, 2.24) is 9.78 Å². The molecule has 0 fully saturated rings. The van der Waals surface area contributed by atoms with Crippen LogP contribution in [0.3, 0.4) is 0 Å². The molecule has 1 amide bonds. The molecule has 2 rings (SSSR count). The van der Waals surface area contributed by atoms with Crippen molar-refractivity contribution in [2.45, 2.75) is 13.5 Å². The first-order valence-corrected chi connectivity index (χ1v) is 6.51. The fourth-order valence-electron chi connectivity index (χ4n) is 1.57. The Morgan fingerprint density at radius 3 is 2.50 bits per heavy atom. The number of hydrogen-bond donors (Lipinski definition) is 1. The third-order valence-corrected chi connectivity index (χ3v) is 3.29. The lowest BCUT2D eigenvalue weighted by Crippen LogP contribution is -2.20. The van der Waals surface area contributed by atoms with Crippen molar-refractivity contribution in [2.24, 2.45) is 0 Å². The monoisotopic (exact) mass is 311 g/mol. The highest BCUT2D eigenvalue weighted by Gasteiger charge is 2.11. The summed E-state index contributed by atoms with van der Waals surface area (Å²) in [6, 6.07) is 6.83. The Labute approximate surface area is 125 Å². The summed E-state index contributed by atoms with van der Waals surface area (Å²) in [5.74, 6) is -0.979. The van der Waals surface area contributed by atoms with Crippen molar-refractivity contribution in [3.05, 3.63) is 46.1 Å². The number of nitrogens with zero attached hydrogens (tertiary/aromatic N) is 2. The maximum absolute atomic E-state index is 11.2. The molecule has 2 aromatic rings. The Morgan fingerprint density at radius 1 is 1.25 bits per heavy atom. The highest BCUT2D eigenvalue weighted by molar-refractivity contribution is 6.39. The fraction of sp³-hybridized carbons (Fsp3) is 0.154. The first-order chi connectivity index (χ1) is 9.47. The van der Waals surface area contributed by atoms with E-state index in [1.54, 1.807) is 35.1 Å². The largest absolute Gasteiger partial charge is 0.303 e. The average Bonchev–Trinajstić information content (AvgIpc) is 2.81. The smallest absolute Gasteiger partial charge is 0.292 e. The molecule has 0 bridgehead atoms. The molecule has 1 N–H and O–H groups in total. The van der Waals surface area contributed by atoms with E-state index in [1.807, 2.05) is 0 Å². The minimum Gasteiger partial charge on any atom is -0.303 e. The standard InChI is InChI=1S/C13H11Cl2N3O2/c1-8(19)13(20)16-12-5-6-18(17-12)7-9-10(14)3-2-4-11(9)15/h2-6H,7H2,1H3,(H,16,17,20). The molecule has 0 aliphatic carbocycles. The molecule has 0 atom stereocenters. The Kier molecular flexibility index (Phi) is 4.42. The number of ketones is 1. The molecule has 5 nitrogen and oxygen atoms in total. The molecule has 20 heavy (non-hydrogen) atoms. The number of aromatic nitrogens is 2. The van der Waals surface area contributed by atoms with E-state index in [4.69, 9.17) is 23.2 Å². The van der Waals surface area contributed by atoms with Crippen LogP contribution < -0.4 is 5.32 Å². The van der Waals surface area contributed by atoms with Gasteiger partial charge in [-0.25, -0.2) is 0 Å². The maximum atomic E-state index is 11.2. The predicted octanol–water partition coefficient (Wildman–Crippen LogP) is 2.77. The second-order valence-electron chi connectivity index (χ2n) is 4.11. The van der Waals surface area contributed by atoms with E-state index in [-0.39, 0.29) is 0 Å². The van der Waals surface area contributed by atoms with Gasteiger partial charge in [0.15, 0.2) is 5.82 Å². The van der Waals surface area contributed by atoms with Gasteiger partial charge in [0.2, 0.25) is 5.78 Å². The van der Waals surface area contributed by atoms with E-state index in [0.29, 0.717) is 22.4 Å². The molecule has 104 valence electrons. The average molecular weight is 312 g/mol. The zero-order valence-electron chi connectivity index (χ0n) is 10.6. The van der Waals surface area contributed by atoms with E-state index < -0.39 is 11.7 Å². The van der Waals surface area contributed by atoms with Crippen molar-refractivity contribution in [3.63, 3.8) is 0 Å². The van der Waals surface area contributed by atoms with Gasteiger partial charge in [-0.3, -0.25) is 14.3 Å². The van der Waals surface area contributed by atoms with Crippen LogP contribution in [0.4, 0.5) is 5.82 Å². The highest BCUT2D eigenvalue weighted by atomic mass is 35.5. The van der Waals surface area contributed by atoms with Crippen LogP contribution in [0.2, 0.25) is 10.0 Å². The number of anilines is 1. The minimum absolute atomic E-state index is 0.299. The molecule has 7 heteroatoms. The Balaban J connectivity index is 2.14. The van der Waals surface area contributed by atoms with Crippen LogP contribution in [0, 0.1) is 0 Å². The zero-order valence-corrected chi connectivity index (χ0v) is 12.1. The molecule has 1 aromatic heterocycles. The summed E-state index contributed by atoms with van der Waals surface area (Å²) in [6.07, 6.45) is 1.66. The number of hydrogen-bond acceptors (Lipinski definition) is 3. The fourth-order valence-corrected chi connectivity index (χ4v) is 2.08. The SMILES string of the molecule is CC(=O)C(=O)Nc1ccn(Cc2c(Cl)cccc2Cl)n1. The number of amides is 1. The summed E-state index contributed by atoms with van der Waals surface area (Å²) >= 11 is 12.1. The van der Waals surface area contributed by atoms with Crippen LogP contribution in [0.25, 0.3) is 0 Å². The Morgan fingerprint density at radius 2 is 1.90 bits per heavy atom. The van der Waals surface area contributed by atoms with E-state index in [9.17, 15) is 9.59 Å². The first kappa shape index (κ1) is 14.6. The second-order valence-corrected chi connectivity index (χ2v) is 4.92. The van der Waals surface area contributed by atoms with Gasteiger partial charge >= 0.3 is 0 Å². The lowest BCUT2D eigenvalue weighted by atomic mass is 10.2. The third kappa shape index (κ3) is 3.37. The van der Waals surface area contributed by atoms with Gasteiger partial charge in [0.1, 0.15) is 0 Å². The lowest BCUT2D eigenvalue weighted by Gasteiger charge is -2.06. The van der Waals surface area contributed by atoms with Crippen LogP contribution in [0.15, 0.2) is 30.5 Å². The van der Waals surface area contributed by atoms with Crippen LogP contribution in [-0.2, 0) is 16.1 Å². The first-order valence-electron chi connectivity index (χ1n) is 5.75. The van der Waals surface area contributed by atoms with Gasteiger partial charge in [-0.05, 0) is 12.1 Å². The number of rotatable bonds is 4. The minimum atomic E-state index is -0.703. The summed E-state index contributed by atoms with van der Waals surface area (Å²) < 4.78 is 1.57. The van der Waals surface area contributed by atoms with Crippen molar-refractivity contribution < 1.29 is 9.59 Å². The molecular formula is C13H11Cl2N3O2. The Bertz CT molecular complexity index is 647. The molecule has 1 aromatic carbocycles. The number of halogens is 2. The molecule has 0 saturated heterocycles. The van der Waals surface area contributed by atoms with Gasteiger partial charge in [-0.15, -0.1) is 0 Å². The van der Waals surface area contributed by atoms with E-state index >= 15 is 0 Å². The zero-order chi connectivity index (χ0) is 14.7. The van der Waals surface area contributed by atoms with Gasteiger partial charge in [-0.1, -0.05) is 29.3 Å². The van der Waals surface area contributed by atoms with Crippen molar-refractivity contribution in [1.29, 1.82) is 0 Å². The van der Waals surface area contributed by atoms with E-state index in [0.717, 1.165) is 5.56 Å². The number of benzene rings is 1. The molecule has 0 unspecified atom stereocenters. The number of nitrogens with one attached hydrogen (secondary N) is 1. The van der Waals surface area contributed by atoms with Crippen molar-refractivity contribution in [3.8, 4) is 0 Å². The number of carbonyl (C=O) groups is 2. The summed E-state index contributed by atoms with van der Waals surface area (Å²) in [5.41, 5.74) is 0.739. The maximum Gasteiger partial charge on any atom is 0.292 e. The normalized spacial score (nSPS) is 10.3. The quantitative estimate of drug-likeness (QED) is 0.883. The second kappa shape index (κ2) is 6.07. The topological polar surface area (TPSA) is 64.0 Å². The number of carbonyl (C=O) groups excluding carboxylic acids is 2. The van der Waals surface area contributed by atoms with E-state index in [1.165, 1.54) is 6.92 Å². The van der Waals surface area contributed by atoms with Gasteiger partial charge in [0.05, 0.1) is 6.54 Å². The molecule has 0 radical (unpaired) electrons. The summed E-state index contributed by atoms with van der Waals surface area (Å²) in [6.45, 7) is 1.56. The summed E-state index contributed by atoms with van der Waals surface area (Å²) in [5, 5.41) is 7.60. The molecule has 1 heterocycles. The van der Waals surface area contributed by atoms with Crippen LogP contribution in [0.1, 0.15) is 12.5 Å². The van der Waals surface area contributed by atoms with Gasteiger partial charge in [0, 0.05) is 34.8 Å². The summed E-state index contributed by atoms with van der Waals surface area (Å²) in [7, 11) is 0. The van der Waals surface area contributed by atoms with Crippen LogP contribution in [-0.4, -0.2) is 21.5 Å². The van der Waals surface area contributed by atoms with Crippen molar-refractivity contribution >= 4 is 40.7 Å². The van der Waals surface area contributed by atoms with Crippen molar-refractivity contribution in [2.75, 3.05) is 5.32 Å².